The summed E-state index contributed by atoms with van der Waals surface area (Å²) in [5, 5.41) is 11.1. The molecule has 2 aromatic heterocycles. The number of hydrogen-bond donors (Lipinski definition) is 0. The Morgan fingerprint density at radius 3 is 2.80 bits per heavy atom. The van der Waals surface area contributed by atoms with Crippen LogP contribution in [0.3, 0.4) is 0 Å². The van der Waals surface area contributed by atoms with E-state index in [0.717, 1.165) is 31.6 Å². The monoisotopic (exact) mass is 334 g/mol. The summed E-state index contributed by atoms with van der Waals surface area (Å²) < 4.78 is 1.56. The predicted molar refractivity (Wildman–Crippen MR) is 91.1 cm³/mol. The Hall–Kier alpha value is -3.09. The number of amides is 1. The van der Waals surface area contributed by atoms with Crippen molar-refractivity contribution in [1.82, 2.24) is 30.1 Å². The van der Waals surface area contributed by atoms with Crippen LogP contribution in [0.1, 0.15) is 22.3 Å². The highest BCUT2D eigenvalue weighted by molar-refractivity contribution is 5.94. The zero-order valence-electron chi connectivity index (χ0n) is 13.7. The molecule has 0 radical (unpaired) electrons. The van der Waals surface area contributed by atoms with E-state index < -0.39 is 0 Å². The van der Waals surface area contributed by atoms with Gasteiger partial charge >= 0.3 is 0 Å². The van der Waals surface area contributed by atoms with Crippen molar-refractivity contribution >= 4 is 5.91 Å². The van der Waals surface area contributed by atoms with Crippen molar-refractivity contribution in [3.63, 3.8) is 0 Å². The second-order valence-corrected chi connectivity index (χ2v) is 6.27. The first-order chi connectivity index (χ1) is 12.3. The lowest BCUT2D eigenvalue weighted by molar-refractivity contribution is 0.0787. The molecular weight excluding hydrogens is 316 g/mol. The van der Waals surface area contributed by atoms with Crippen LogP contribution in [0, 0.1) is 5.92 Å². The average molecular weight is 334 g/mol. The van der Waals surface area contributed by atoms with Crippen LogP contribution in [0.2, 0.25) is 0 Å². The molecule has 0 aliphatic carbocycles. The highest BCUT2D eigenvalue weighted by atomic mass is 16.2. The molecule has 1 saturated heterocycles. The molecule has 3 aromatic rings. The predicted octanol–water partition coefficient (Wildman–Crippen LogP) is 1.76. The zero-order valence-corrected chi connectivity index (χ0v) is 13.7. The highest BCUT2D eigenvalue weighted by Crippen LogP contribution is 2.22. The van der Waals surface area contributed by atoms with Crippen molar-refractivity contribution < 1.29 is 4.79 Å². The SMILES string of the molecule is O=C(c1ccc(-n2cnnn2)cc1)N1CCC(Cc2cccnc2)C1. The van der Waals surface area contributed by atoms with Crippen LogP contribution < -0.4 is 0 Å². The second kappa shape index (κ2) is 6.80. The van der Waals surface area contributed by atoms with Gasteiger partial charge in [-0.1, -0.05) is 6.07 Å². The van der Waals surface area contributed by atoms with Gasteiger partial charge in [-0.05, 0) is 65.1 Å². The van der Waals surface area contributed by atoms with Crippen LogP contribution >= 0.6 is 0 Å². The second-order valence-electron chi connectivity index (χ2n) is 6.27. The smallest absolute Gasteiger partial charge is 0.253 e. The molecule has 4 rings (SSSR count). The Morgan fingerprint density at radius 1 is 1.20 bits per heavy atom. The lowest BCUT2D eigenvalue weighted by Crippen LogP contribution is -2.28. The summed E-state index contributed by atoms with van der Waals surface area (Å²) in [5.41, 5.74) is 2.75. The van der Waals surface area contributed by atoms with Gasteiger partial charge in [0, 0.05) is 31.0 Å². The van der Waals surface area contributed by atoms with Gasteiger partial charge in [-0.3, -0.25) is 9.78 Å². The molecule has 1 atom stereocenters. The van der Waals surface area contributed by atoms with E-state index in [1.807, 2.05) is 41.4 Å². The molecule has 1 amide bonds. The van der Waals surface area contributed by atoms with E-state index in [2.05, 4.69) is 26.6 Å². The van der Waals surface area contributed by atoms with E-state index in [1.54, 1.807) is 10.9 Å². The summed E-state index contributed by atoms with van der Waals surface area (Å²) in [7, 11) is 0. The number of benzene rings is 1. The Balaban J connectivity index is 1.40. The lowest BCUT2D eigenvalue weighted by Gasteiger charge is -2.17. The summed E-state index contributed by atoms with van der Waals surface area (Å²) >= 11 is 0. The Labute approximate surface area is 145 Å². The number of rotatable bonds is 4. The molecule has 1 fully saturated rings. The molecule has 1 aromatic carbocycles. The number of carbonyl (C=O) groups excluding carboxylic acids is 1. The van der Waals surface area contributed by atoms with Gasteiger partial charge in [-0.25, -0.2) is 4.68 Å². The van der Waals surface area contributed by atoms with Gasteiger partial charge in [0.25, 0.3) is 5.91 Å². The maximum absolute atomic E-state index is 12.7. The fourth-order valence-electron chi connectivity index (χ4n) is 3.25. The summed E-state index contributed by atoms with van der Waals surface area (Å²) in [6.07, 6.45) is 7.22. The highest BCUT2D eigenvalue weighted by Gasteiger charge is 2.27. The van der Waals surface area contributed by atoms with Gasteiger partial charge in [-0.15, -0.1) is 5.10 Å². The summed E-state index contributed by atoms with van der Waals surface area (Å²) in [4.78, 5) is 18.8. The van der Waals surface area contributed by atoms with Crippen molar-refractivity contribution in [2.24, 2.45) is 5.92 Å². The molecule has 1 aliphatic heterocycles. The van der Waals surface area contributed by atoms with Crippen LogP contribution in [0.5, 0.6) is 0 Å². The molecule has 7 heteroatoms. The van der Waals surface area contributed by atoms with Crippen molar-refractivity contribution in [1.29, 1.82) is 0 Å². The summed E-state index contributed by atoms with van der Waals surface area (Å²) in [6.45, 7) is 1.60. The van der Waals surface area contributed by atoms with E-state index in [-0.39, 0.29) is 5.91 Å². The van der Waals surface area contributed by atoms with Crippen molar-refractivity contribution in [3.05, 3.63) is 66.2 Å². The molecule has 0 N–H and O–H groups in total. The maximum atomic E-state index is 12.7. The van der Waals surface area contributed by atoms with Gasteiger partial charge in [0.2, 0.25) is 0 Å². The molecule has 1 aliphatic rings. The largest absolute Gasteiger partial charge is 0.338 e. The standard InChI is InChI=1S/C18H18N6O/c25-18(16-3-5-17(6-4-16)24-13-20-21-22-24)23-9-7-15(12-23)10-14-2-1-8-19-11-14/h1-6,8,11,13,15H,7,9-10,12H2. The lowest BCUT2D eigenvalue weighted by atomic mass is 10.00. The Morgan fingerprint density at radius 2 is 2.08 bits per heavy atom. The Bertz CT molecular complexity index is 832. The normalized spacial score (nSPS) is 17.0. The van der Waals surface area contributed by atoms with Gasteiger partial charge < -0.3 is 4.90 Å². The molecule has 0 spiro atoms. The fraction of sp³-hybridized carbons (Fsp3) is 0.278. The third kappa shape index (κ3) is 3.40. The quantitative estimate of drug-likeness (QED) is 0.727. The number of nitrogens with zero attached hydrogens (tertiary/aromatic N) is 6. The van der Waals surface area contributed by atoms with Crippen LogP contribution in [0.25, 0.3) is 5.69 Å². The number of carbonyl (C=O) groups is 1. The van der Waals surface area contributed by atoms with Gasteiger partial charge in [0.05, 0.1) is 5.69 Å². The van der Waals surface area contributed by atoms with Gasteiger partial charge in [0.15, 0.2) is 0 Å². The topological polar surface area (TPSA) is 76.8 Å². The molecule has 1 unspecified atom stereocenters. The van der Waals surface area contributed by atoms with Crippen molar-refractivity contribution in [2.45, 2.75) is 12.8 Å². The molecule has 126 valence electrons. The molecule has 3 heterocycles. The number of tetrazole rings is 1. The van der Waals surface area contributed by atoms with Crippen molar-refractivity contribution in [2.75, 3.05) is 13.1 Å². The molecule has 7 nitrogen and oxygen atoms in total. The minimum atomic E-state index is 0.0805. The first-order valence-corrected chi connectivity index (χ1v) is 8.31. The Kier molecular flexibility index (Phi) is 4.20. The molecular formula is C18H18N6O. The third-order valence-electron chi connectivity index (χ3n) is 4.55. The minimum absolute atomic E-state index is 0.0805. The van der Waals surface area contributed by atoms with Crippen LogP contribution in [0.15, 0.2) is 55.1 Å². The maximum Gasteiger partial charge on any atom is 0.253 e. The van der Waals surface area contributed by atoms with E-state index in [9.17, 15) is 4.79 Å². The van der Waals surface area contributed by atoms with E-state index in [1.165, 1.54) is 11.9 Å². The number of likely N-dealkylation sites (tertiary alicyclic amines) is 1. The van der Waals surface area contributed by atoms with Crippen LogP contribution in [0.4, 0.5) is 0 Å². The van der Waals surface area contributed by atoms with E-state index in [4.69, 9.17) is 0 Å². The minimum Gasteiger partial charge on any atom is -0.338 e. The molecule has 0 bridgehead atoms. The van der Waals surface area contributed by atoms with Crippen LogP contribution in [-0.2, 0) is 6.42 Å². The average Bonchev–Trinajstić information content (AvgIpc) is 3.34. The first-order valence-electron chi connectivity index (χ1n) is 8.31. The summed E-state index contributed by atoms with van der Waals surface area (Å²) in [5.74, 6) is 0.575. The van der Waals surface area contributed by atoms with E-state index >= 15 is 0 Å². The van der Waals surface area contributed by atoms with Gasteiger partial charge in [-0.2, -0.15) is 0 Å². The molecule has 25 heavy (non-hydrogen) atoms. The first kappa shape index (κ1) is 15.4. The fourth-order valence-corrected chi connectivity index (χ4v) is 3.25. The van der Waals surface area contributed by atoms with Crippen LogP contribution in [-0.4, -0.2) is 49.1 Å². The third-order valence-corrected chi connectivity index (χ3v) is 4.55. The molecule has 0 saturated carbocycles. The number of pyridine rings is 1. The number of aromatic nitrogens is 5. The van der Waals surface area contributed by atoms with Gasteiger partial charge in [0.1, 0.15) is 6.33 Å². The van der Waals surface area contributed by atoms with Crippen molar-refractivity contribution in [3.8, 4) is 5.69 Å². The zero-order chi connectivity index (χ0) is 17.1. The summed E-state index contributed by atoms with van der Waals surface area (Å²) in [6, 6.07) is 11.4. The number of hydrogen-bond acceptors (Lipinski definition) is 5. The van der Waals surface area contributed by atoms with E-state index in [0.29, 0.717) is 11.5 Å².